The van der Waals surface area contributed by atoms with Gasteiger partial charge in [0.05, 0.1) is 16.8 Å². The fourth-order valence-electron chi connectivity index (χ4n) is 1.99. The Balaban J connectivity index is 0.00000242. The predicted molar refractivity (Wildman–Crippen MR) is 83.7 cm³/mol. The lowest BCUT2D eigenvalue weighted by molar-refractivity contribution is 0.558. The molecule has 0 radical (unpaired) electrons. The molecule has 1 aliphatic heterocycles. The molecule has 11 heteroatoms. The highest BCUT2D eigenvalue weighted by molar-refractivity contribution is 7.92. The minimum absolute atomic E-state index is 0. The van der Waals surface area contributed by atoms with Gasteiger partial charge in [-0.2, -0.15) is 0 Å². The Kier molecular flexibility index (Phi) is 6.16. The molecule has 7 nitrogen and oxygen atoms in total. The van der Waals surface area contributed by atoms with Crippen molar-refractivity contribution >= 4 is 38.1 Å². The lowest BCUT2D eigenvalue weighted by atomic mass is 10.3. The molecule has 22 heavy (non-hydrogen) atoms. The molecule has 1 aliphatic rings. The second kappa shape index (κ2) is 7.09. The van der Waals surface area contributed by atoms with Crippen LogP contribution in [0.2, 0.25) is 0 Å². The Morgan fingerprint density at radius 2 is 1.95 bits per heavy atom. The molecule has 1 atom stereocenters. The Morgan fingerprint density at radius 3 is 2.45 bits per heavy atom. The van der Waals surface area contributed by atoms with Crippen LogP contribution in [-0.4, -0.2) is 42.2 Å². The lowest BCUT2D eigenvalue weighted by Gasteiger charge is -2.13. The average Bonchev–Trinajstić information content (AvgIpc) is 2.82. The normalized spacial score (nSPS) is 18.7. The molecule has 126 valence electrons. The average molecular weight is 374 g/mol. The number of nitrogens with one attached hydrogen (secondary N) is 3. The second-order valence-corrected chi connectivity index (χ2v) is 8.29. The van der Waals surface area contributed by atoms with Crippen molar-refractivity contribution in [2.45, 2.75) is 17.4 Å². The highest BCUT2D eigenvalue weighted by Crippen LogP contribution is 2.20. The van der Waals surface area contributed by atoms with Gasteiger partial charge in [0.1, 0.15) is 5.82 Å². The summed E-state index contributed by atoms with van der Waals surface area (Å²) in [6, 6.07) is 2.80. The van der Waals surface area contributed by atoms with E-state index < -0.39 is 25.9 Å². The van der Waals surface area contributed by atoms with E-state index in [0.29, 0.717) is 13.0 Å². The molecule has 0 aromatic heterocycles. The first-order valence-electron chi connectivity index (χ1n) is 6.18. The molecule has 2 rings (SSSR count). The molecule has 1 unspecified atom stereocenters. The number of anilines is 1. The molecule has 0 spiro atoms. The lowest BCUT2D eigenvalue weighted by Crippen LogP contribution is -2.36. The van der Waals surface area contributed by atoms with Crippen molar-refractivity contribution in [2.75, 3.05) is 24.1 Å². The van der Waals surface area contributed by atoms with Gasteiger partial charge in [0.15, 0.2) is 0 Å². The third kappa shape index (κ3) is 5.06. The van der Waals surface area contributed by atoms with Crippen LogP contribution in [0.3, 0.4) is 0 Å². The van der Waals surface area contributed by atoms with Gasteiger partial charge in [-0.05, 0) is 31.2 Å². The third-order valence-corrected chi connectivity index (χ3v) is 5.04. The largest absolute Gasteiger partial charge is 0.315 e. The van der Waals surface area contributed by atoms with Crippen LogP contribution >= 0.6 is 12.4 Å². The monoisotopic (exact) mass is 373 g/mol. The van der Waals surface area contributed by atoms with Gasteiger partial charge in [-0.25, -0.2) is 25.9 Å². The van der Waals surface area contributed by atoms with Gasteiger partial charge in [-0.3, -0.25) is 4.72 Å². The first-order chi connectivity index (χ1) is 9.67. The fourth-order valence-corrected chi connectivity index (χ4v) is 3.84. The predicted octanol–water partition coefficient (Wildman–Crippen LogP) is 0.259. The number of rotatable bonds is 5. The molecule has 0 saturated carbocycles. The zero-order valence-corrected chi connectivity index (χ0v) is 14.1. The summed E-state index contributed by atoms with van der Waals surface area (Å²) in [6.45, 7) is 1.24. The van der Waals surface area contributed by atoms with Crippen LogP contribution in [0.1, 0.15) is 6.42 Å². The van der Waals surface area contributed by atoms with Crippen molar-refractivity contribution in [3.63, 3.8) is 0 Å². The molecular formula is C11H17ClFN3O4S2. The van der Waals surface area contributed by atoms with Crippen LogP contribution in [0.25, 0.3) is 0 Å². The Labute approximate surface area is 135 Å². The summed E-state index contributed by atoms with van der Waals surface area (Å²) in [7, 11) is -7.46. The summed E-state index contributed by atoms with van der Waals surface area (Å²) < 4.78 is 64.5. The van der Waals surface area contributed by atoms with Crippen LogP contribution in [0.15, 0.2) is 23.1 Å². The van der Waals surface area contributed by atoms with Crippen LogP contribution in [0.5, 0.6) is 0 Å². The second-order valence-electron chi connectivity index (χ2n) is 4.83. The molecular weight excluding hydrogens is 357 g/mol. The Hall–Kier alpha value is -0.940. The molecule has 1 aromatic rings. The minimum Gasteiger partial charge on any atom is -0.315 e. The van der Waals surface area contributed by atoms with Gasteiger partial charge in [0.2, 0.25) is 20.0 Å². The molecule has 1 heterocycles. The first kappa shape index (κ1) is 19.1. The van der Waals surface area contributed by atoms with E-state index in [2.05, 4.69) is 10.0 Å². The van der Waals surface area contributed by atoms with E-state index in [4.69, 9.17) is 0 Å². The van der Waals surface area contributed by atoms with Crippen LogP contribution in [0.4, 0.5) is 10.1 Å². The van der Waals surface area contributed by atoms with Crippen molar-refractivity contribution < 1.29 is 21.2 Å². The molecule has 1 fully saturated rings. The third-order valence-electron chi connectivity index (χ3n) is 2.93. The van der Waals surface area contributed by atoms with Gasteiger partial charge < -0.3 is 5.32 Å². The maximum atomic E-state index is 13.8. The summed E-state index contributed by atoms with van der Waals surface area (Å²) in [6.07, 6.45) is 1.54. The van der Waals surface area contributed by atoms with Crippen molar-refractivity contribution in [3.8, 4) is 0 Å². The quantitative estimate of drug-likeness (QED) is 0.686. The standard InChI is InChI=1S/C11H16FN3O4S2.ClH/c1-20(16,17)15-11-3-2-9(6-10(11)12)21(18,19)14-8-4-5-13-7-8;/h2-3,6,8,13-15H,4-5,7H2,1H3;1H. The van der Waals surface area contributed by atoms with Crippen LogP contribution < -0.4 is 14.8 Å². The highest BCUT2D eigenvalue weighted by Gasteiger charge is 2.23. The molecule has 3 N–H and O–H groups in total. The zero-order valence-electron chi connectivity index (χ0n) is 11.7. The zero-order chi connectivity index (χ0) is 15.7. The van der Waals surface area contributed by atoms with Gasteiger partial charge >= 0.3 is 0 Å². The molecule has 1 aromatic carbocycles. The highest BCUT2D eigenvalue weighted by atomic mass is 35.5. The molecule has 0 bridgehead atoms. The van der Waals surface area contributed by atoms with Crippen molar-refractivity contribution in [3.05, 3.63) is 24.0 Å². The molecule has 0 aliphatic carbocycles. The van der Waals surface area contributed by atoms with E-state index in [-0.39, 0.29) is 29.0 Å². The Bertz CT molecular complexity index is 734. The SMILES string of the molecule is CS(=O)(=O)Nc1ccc(S(=O)(=O)NC2CCNC2)cc1F.Cl. The number of benzene rings is 1. The van der Waals surface area contributed by atoms with Gasteiger partial charge in [-0.1, -0.05) is 0 Å². The summed E-state index contributed by atoms with van der Waals surface area (Å²) in [5, 5.41) is 3.01. The van der Waals surface area contributed by atoms with Gasteiger partial charge in [-0.15, -0.1) is 12.4 Å². The van der Waals surface area contributed by atoms with Crippen molar-refractivity contribution in [1.29, 1.82) is 0 Å². The van der Waals surface area contributed by atoms with Crippen molar-refractivity contribution in [2.24, 2.45) is 0 Å². The number of hydrogen-bond donors (Lipinski definition) is 3. The van der Waals surface area contributed by atoms with E-state index in [1.807, 2.05) is 4.72 Å². The summed E-state index contributed by atoms with van der Waals surface area (Å²) >= 11 is 0. The maximum absolute atomic E-state index is 13.8. The Morgan fingerprint density at radius 1 is 1.27 bits per heavy atom. The smallest absolute Gasteiger partial charge is 0.240 e. The van der Waals surface area contributed by atoms with Gasteiger partial charge in [0, 0.05) is 12.6 Å². The topological polar surface area (TPSA) is 104 Å². The van der Waals surface area contributed by atoms with E-state index in [1.165, 1.54) is 0 Å². The summed E-state index contributed by atoms with van der Waals surface area (Å²) in [4.78, 5) is -0.244. The van der Waals surface area contributed by atoms with Crippen LogP contribution in [0, 0.1) is 5.82 Å². The van der Waals surface area contributed by atoms with E-state index in [0.717, 1.165) is 31.0 Å². The van der Waals surface area contributed by atoms with E-state index >= 15 is 0 Å². The van der Waals surface area contributed by atoms with Gasteiger partial charge in [0.25, 0.3) is 0 Å². The number of sulfonamides is 2. The number of hydrogen-bond acceptors (Lipinski definition) is 5. The molecule has 1 saturated heterocycles. The number of halogens is 2. The van der Waals surface area contributed by atoms with Crippen LogP contribution in [-0.2, 0) is 20.0 Å². The van der Waals surface area contributed by atoms with E-state index in [9.17, 15) is 21.2 Å². The first-order valence-corrected chi connectivity index (χ1v) is 9.55. The molecule has 0 amide bonds. The minimum atomic E-state index is -3.83. The van der Waals surface area contributed by atoms with E-state index in [1.54, 1.807) is 0 Å². The summed E-state index contributed by atoms with van der Waals surface area (Å²) in [5.74, 6) is -0.951. The summed E-state index contributed by atoms with van der Waals surface area (Å²) in [5.41, 5.74) is -0.293. The van der Waals surface area contributed by atoms with Crippen molar-refractivity contribution in [1.82, 2.24) is 10.0 Å². The maximum Gasteiger partial charge on any atom is 0.240 e. The fraction of sp³-hybridized carbons (Fsp3) is 0.455.